The number of likely N-dealkylation sites (tertiary alicyclic amines) is 1. The number of piperidine rings is 1. The number of halogens is 4. The Bertz CT molecular complexity index is 1730. The second-order valence-corrected chi connectivity index (χ2v) is 14.2. The second-order valence-electron chi connectivity index (χ2n) is 13.8. The predicted molar refractivity (Wildman–Crippen MR) is 188 cm³/mol. The number of benzene rings is 3. The van der Waals surface area contributed by atoms with Gasteiger partial charge < -0.3 is 19.5 Å². The molecule has 7 rings (SSSR count). The molecule has 0 amide bonds. The molecule has 1 aliphatic carbocycles. The fraction of sp³-hybridized carbons (Fsp3) is 0.462. The van der Waals surface area contributed by atoms with E-state index in [1.165, 1.54) is 12.1 Å². The summed E-state index contributed by atoms with van der Waals surface area (Å²) in [5.74, 6) is -0.716. The SMILES string of the molecule is CCCOc1cc2c(cc1Cl)C(C(=O)O)=C(CN1CCC(N3CCOCC3)CC1)C(c1cccc(C(F)(F)F)c1)N2C1(c2ccccc2)CC1. The molecule has 0 aromatic heterocycles. The summed E-state index contributed by atoms with van der Waals surface area (Å²) in [6.45, 7) is 7.42. The van der Waals surface area contributed by atoms with Crippen molar-refractivity contribution < 1.29 is 32.5 Å². The molecular formula is C39H43ClF3N3O4. The summed E-state index contributed by atoms with van der Waals surface area (Å²) < 4.78 is 54.5. The number of rotatable bonds is 10. The predicted octanol–water partition coefficient (Wildman–Crippen LogP) is 8.03. The summed E-state index contributed by atoms with van der Waals surface area (Å²) in [6.07, 6.45) is -0.491. The minimum atomic E-state index is -4.57. The van der Waals surface area contributed by atoms with Crippen LogP contribution in [-0.4, -0.2) is 79.5 Å². The zero-order chi connectivity index (χ0) is 35.0. The molecule has 3 aliphatic heterocycles. The molecule has 1 unspecified atom stereocenters. The van der Waals surface area contributed by atoms with Crippen LogP contribution in [0.1, 0.15) is 67.3 Å². The number of nitrogens with zero attached hydrogens (tertiary/aromatic N) is 3. The third-order valence-electron chi connectivity index (χ3n) is 10.7. The molecule has 0 bridgehead atoms. The minimum absolute atomic E-state index is 0.0850. The highest BCUT2D eigenvalue weighted by atomic mass is 35.5. The minimum Gasteiger partial charge on any atom is -0.492 e. The Morgan fingerprint density at radius 2 is 1.72 bits per heavy atom. The van der Waals surface area contributed by atoms with E-state index in [1.54, 1.807) is 18.2 Å². The summed E-state index contributed by atoms with van der Waals surface area (Å²) in [5.41, 5.74) is 1.77. The van der Waals surface area contributed by atoms with Gasteiger partial charge in [0.15, 0.2) is 0 Å². The Morgan fingerprint density at radius 3 is 2.36 bits per heavy atom. The first-order valence-electron chi connectivity index (χ1n) is 17.6. The molecule has 7 nitrogen and oxygen atoms in total. The molecule has 0 radical (unpaired) electrons. The Kier molecular flexibility index (Phi) is 9.91. The Morgan fingerprint density at radius 1 is 1.00 bits per heavy atom. The van der Waals surface area contributed by atoms with Crippen LogP contribution in [-0.2, 0) is 21.2 Å². The van der Waals surface area contributed by atoms with Gasteiger partial charge in [0, 0.05) is 37.3 Å². The first kappa shape index (κ1) is 34.9. The molecule has 0 spiro atoms. The number of carboxylic acids is 1. The zero-order valence-electron chi connectivity index (χ0n) is 28.2. The lowest BCUT2D eigenvalue weighted by molar-refractivity contribution is -0.137. The number of anilines is 1. The first-order chi connectivity index (χ1) is 24.1. The van der Waals surface area contributed by atoms with E-state index >= 15 is 0 Å². The van der Waals surface area contributed by atoms with Crippen LogP contribution in [0.15, 0.2) is 72.3 Å². The zero-order valence-corrected chi connectivity index (χ0v) is 29.0. The number of fused-ring (bicyclic) bond motifs is 1. The van der Waals surface area contributed by atoms with Crippen LogP contribution < -0.4 is 9.64 Å². The normalized spacial score (nSPS) is 21.6. The maximum Gasteiger partial charge on any atom is 0.416 e. The second kappa shape index (κ2) is 14.2. The van der Waals surface area contributed by atoms with Crippen LogP contribution in [0.3, 0.4) is 0 Å². The van der Waals surface area contributed by atoms with Crippen molar-refractivity contribution in [2.45, 2.75) is 62.8 Å². The number of ether oxygens (including phenoxy) is 2. The molecule has 1 atom stereocenters. The largest absolute Gasteiger partial charge is 0.492 e. The van der Waals surface area contributed by atoms with Crippen LogP contribution in [0.25, 0.3) is 5.57 Å². The summed E-state index contributed by atoms with van der Waals surface area (Å²) in [5, 5.41) is 11.3. The average molecular weight is 710 g/mol. The monoisotopic (exact) mass is 709 g/mol. The Balaban J connectivity index is 1.40. The summed E-state index contributed by atoms with van der Waals surface area (Å²) in [7, 11) is 0. The summed E-state index contributed by atoms with van der Waals surface area (Å²) >= 11 is 6.81. The van der Waals surface area contributed by atoms with Crippen LogP contribution in [0.4, 0.5) is 18.9 Å². The number of hydrogen-bond acceptors (Lipinski definition) is 6. The van der Waals surface area contributed by atoms with Crippen molar-refractivity contribution in [2.75, 3.05) is 57.4 Å². The van der Waals surface area contributed by atoms with E-state index < -0.39 is 29.3 Å². The molecule has 1 saturated carbocycles. The maximum atomic E-state index is 14.3. The molecule has 3 heterocycles. The molecule has 2 saturated heterocycles. The molecule has 3 aromatic rings. The van der Waals surface area contributed by atoms with Gasteiger partial charge in [-0.05, 0) is 80.1 Å². The molecule has 11 heteroatoms. The van der Waals surface area contributed by atoms with Crippen molar-refractivity contribution in [1.29, 1.82) is 0 Å². The van der Waals surface area contributed by atoms with Gasteiger partial charge in [0.25, 0.3) is 0 Å². The molecule has 1 N–H and O–H groups in total. The number of hydrogen-bond donors (Lipinski definition) is 1. The van der Waals surface area contributed by atoms with Crippen LogP contribution in [0.5, 0.6) is 5.75 Å². The molecule has 3 fully saturated rings. The standard InChI is InChI=1S/C39H43ClF3N3O4/c1-2-19-50-34-24-33-30(23-32(34)40)35(37(47)48)31(25-44-15-11-29(12-16-44)45-17-20-49-21-18-45)36(26-7-6-10-28(22-26)39(41,42)43)46(33)38(13-14-38)27-8-4-3-5-9-27/h3-10,22-24,29,36H,2,11-21,25H2,1H3,(H,47,48). The lowest BCUT2D eigenvalue weighted by atomic mass is 9.81. The topological polar surface area (TPSA) is 65.5 Å². The molecule has 50 heavy (non-hydrogen) atoms. The Hall–Kier alpha value is -3.57. The van der Waals surface area contributed by atoms with Crippen LogP contribution in [0, 0.1) is 0 Å². The van der Waals surface area contributed by atoms with Crippen LogP contribution in [0.2, 0.25) is 5.02 Å². The molecular weight excluding hydrogens is 667 g/mol. The van der Waals surface area contributed by atoms with Crippen molar-refractivity contribution >= 4 is 28.8 Å². The van der Waals surface area contributed by atoms with E-state index in [-0.39, 0.29) is 5.57 Å². The van der Waals surface area contributed by atoms with Crippen molar-refractivity contribution in [2.24, 2.45) is 0 Å². The van der Waals surface area contributed by atoms with Gasteiger partial charge in [-0.25, -0.2) is 4.79 Å². The van der Waals surface area contributed by atoms with Gasteiger partial charge in [-0.1, -0.05) is 61.0 Å². The molecule has 3 aromatic carbocycles. The van der Waals surface area contributed by atoms with E-state index in [9.17, 15) is 23.1 Å². The summed E-state index contributed by atoms with van der Waals surface area (Å²) in [6, 6.07) is 18.5. The van der Waals surface area contributed by atoms with E-state index in [4.69, 9.17) is 21.1 Å². The third kappa shape index (κ3) is 6.75. The number of morpholine rings is 1. The van der Waals surface area contributed by atoms with E-state index in [2.05, 4.69) is 14.7 Å². The molecule has 4 aliphatic rings. The van der Waals surface area contributed by atoms with Gasteiger partial charge in [0.05, 0.1) is 53.2 Å². The van der Waals surface area contributed by atoms with E-state index in [1.807, 2.05) is 37.3 Å². The van der Waals surface area contributed by atoms with Gasteiger partial charge in [-0.15, -0.1) is 0 Å². The number of alkyl halides is 3. The number of carboxylic acid groups (broad SMARTS) is 1. The van der Waals surface area contributed by atoms with Gasteiger partial charge in [0.1, 0.15) is 5.75 Å². The molecule has 266 valence electrons. The maximum absolute atomic E-state index is 14.3. The lowest BCUT2D eigenvalue weighted by Crippen LogP contribution is -2.50. The fourth-order valence-electron chi connectivity index (χ4n) is 8.16. The highest BCUT2D eigenvalue weighted by molar-refractivity contribution is 6.33. The lowest BCUT2D eigenvalue weighted by Gasteiger charge is -2.48. The van der Waals surface area contributed by atoms with E-state index in [0.29, 0.717) is 52.4 Å². The third-order valence-corrected chi connectivity index (χ3v) is 11.0. The quantitative estimate of drug-likeness (QED) is 0.229. The smallest absolute Gasteiger partial charge is 0.416 e. The van der Waals surface area contributed by atoms with Crippen molar-refractivity contribution in [3.63, 3.8) is 0 Å². The van der Waals surface area contributed by atoms with Crippen molar-refractivity contribution in [3.8, 4) is 5.75 Å². The van der Waals surface area contributed by atoms with Gasteiger partial charge in [0.2, 0.25) is 0 Å². The fourth-order valence-corrected chi connectivity index (χ4v) is 8.38. The Labute approximate surface area is 296 Å². The van der Waals surface area contributed by atoms with E-state index in [0.717, 1.165) is 83.1 Å². The van der Waals surface area contributed by atoms with Gasteiger partial charge in [-0.2, -0.15) is 13.2 Å². The van der Waals surface area contributed by atoms with Crippen molar-refractivity contribution in [1.82, 2.24) is 9.80 Å². The van der Waals surface area contributed by atoms with Crippen LogP contribution >= 0.6 is 11.6 Å². The highest BCUT2D eigenvalue weighted by Crippen LogP contribution is 2.61. The highest BCUT2D eigenvalue weighted by Gasteiger charge is 2.55. The number of aliphatic carboxylic acids is 1. The summed E-state index contributed by atoms with van der Waals surface area (Å²) in [4.78, 5) is 20.4. The average Bonchev–Trinajstić information content (AvgIpc) is 3.93. The van der Waals surface area contributed by atoms with Gasteiger partial charge in [-0.3, -0.25) is 9.80 Å². The first-order valence-corrected chi connectivity index (χ1v) is 18.0. The van der Waals surface area contributed by atoms with Gasteiger partial charge >= 0.3 is 12.1 Å². The van der Waals surface area contributed by atoms with Crippen molar-refractivity contribution in [3.05, 3.63) is 99.6 Å². The number of carbonyl (C=O) groups is 1.